The number of esters is 1. The van der Waals surface area contributed by atoms with Gasteiger partial charge in [-0.25, -0.2) is 4.79 Å². The number of rotatable bonds is 12. The molecule has 0 fully saturated rings. The fourth-order valence-corrected chi connectivity index (χ4v) is 3.76. The van der Waals surface area contributed by atoms with Crippen molar-refractivity contribution in [1.82, 2.24) is 0 Å². The van der Waals surface area contributed by atoms with Gasteiger partial charge in [0.25, 0.3) is 0 Å². The fraction of sp³-hybridized carbons (Fsp3) is 0.323. The van der Waals surface area contributed by atoms with Crippen molar-refractivity contribution < 1.29 is 14.3 Å². The molecule has 3 aromatic rings. The second-order valence-corrected chi connectivity index (χ2v) is 8.64. The Morgan fingerprint density at radius 2 is 1.56 bits per heavy atom. The summed E-state index contributed by atoms with van der Waals surface area (Å²) in [6, 6.07) is 22.2. The largest absolute Gasteiger partial charge is 0.494 e. The van der Waals surface area contributed by atoms with E-state index in [0.29, 0.717) is 5.56 Å². The van der Waals surface area contributed by atoms with Gasteiger partial charge in [-0.05, 0) is 77.9 Å². The van der Waals surface area contributed by atoms with Crippen LogP contribution in [0.25, 0.3) is 28.3 Å². The third-order valence-corrected chi connectivity index (χ3v) is 6.04. The summed E-state index contributed by atoms with van der Waals surface area (Å²) in [5.41, 5.74) is 5.98. The molecular weight excluding hydrogens is 420 g/mol. The minimum atomic E-state index is -0.284. The van der Waals surface area contributed by atoms with Crippen molar-refractivity contribution in [1.29, 1.82) is 0 Å². The van der Waals surface area contributed by atoms with Crippen LogP contribution in [0.1, 0.15) is 68.8 Å². The van der Waals surface area contributed by atoms with E-state index in [1.54, 1.807) is 0 Å². The van der Waals surface area contributed by atoms with Crippen molar-refractivity contribution in [3.05, 3.63) is 84.4 Å². The van der Waals surface area contributed by atoms with Crippen LogP contribution in [0.15, 0.2) is 73.3 Å². The highest BCUT2D eigenvalue weighted by atomic mass is 16.5. The van der Waals surface area contributed by atoms with Gasteiger partial charge in [0.15, 0.2) is 0 Å². The molecule has 3 rings (SSSR count). The van der Waals surface area contributed by atoms with Crippen molar-refractivity contribution in [2.45, 2.75) is 59.0 Å². The van der Waals surface area contributed by atoms with Gasteiger partial charge in [-0.1, -0.05) is 82.2 Å². The van der Waals surface area contributed by atoms with Crippen molar-refractivity contribution in [2.75, 3.05) is 6.61 Å². The molecule has 0 heterocycles. The summed E-state index contributed by atoms with van der Waals surface area (Å²) in [6.07, 6.45) is 7.40. The molecule has 0 aromatic heterocycles. The quantitative estimate of drug-likeness (QED) is 0.202. The number of benzene rings is 3. The van der Waals surface area contributed by atoms with Crippen molar-refractivity contribution in [3.8, 4) is 28.0 Å². The molecule has 3 heteroatoms. The number of hydrogen-bond acceptors (Lipinski definition) is 3. The molecule has 3 nitrogen and oxygen atoms in total. The van der Waals surface area contributed by atoms with E-state index < -0.39 is 0 Å². The Morgan fingerprint density at radius 3 is 2.21 bits per heavy atom. The summed E-state index contributed by atoms with van der Waals surface area (Å²) in [5.74, 6) is 0.626. The van der Waals surface area contributed by atoms with Crippen molar-refractivity contribution in [3.63, 3.8) is 0 Å². The minimum absolute atomic E-state index is 0.0847. The molecule has 0 spiro atoms. The third-order valence-electron chi connectivity index (χ3n) is 6.04. The predicted octanol–water partition coefficient (Wildman–Crippen LogP) is 8.58. The highest BCUT2D eigenvalue weighted by molar-refractivity contribution is 5.90. The second-order valence-electron chi connectivity index (χ2n) is 8.64. The molecule has 0 aliphatic rings. The van der Waals surface area contributed by atoms with Crippen LogP contribution >= 0.6 is 0 Å². The van der Waals surface area contributed by atoms with E-state index >= 15 is 0 Å². The van der Waals surface area contributed by atoms with Crippen LogP contribution in [0.3, 0.4) is 0 Å². The van der Waals surface area contributed by atoms with Gasteiger partial charge in [-0.15, -0.1) is 0 Å². The summed E-state index contributed by atoms with van der Waals surface area (Å²) in [5, 5.41) is 0. The Hall–Kier alpha value is -3.33. The van der Waals surface area contributed by atoms with E-state index in [9.17, 15) is 4.79 Å². The molecule has 0 radical (unpaired) electrons. The maximum atomic E-state index is 12.3. The lowest BCUT2D eigenvalue weighted by molar-refractivity contribution is 0.0334. The summed E-state index contributed by atoms with van der Waals surface area (Å²) < 4.78 is 11.3. The molecule has 0 saturated carbocycles. The smallest absolute Gasteiger partial charge is 0.338 e. The van der Waals surface area contributed by atoms with Gasteiger partial charge >= 0.3 is 5.97 Å². The van der Waals surface area contributed by atoms with E-state index in [-0.39, 0.29) is 12.1 Å². The molecule has 0 aliphatic heterocycles. The van der Waals surface area contributed by atoms with Gasteiger partial charge in [0.2, 0.25) is 0 Å². The molecule has 0 N–H and O–H groups in total. The Kier molecular flexibility index (Phi) is 9.51. The van der Waals surface area contributed by atoms with Crippen molar-refractivity contribution >= 4 is 12.0 Å². The molecule has 34 heavy (non-hydrogen) atoms. The van der Waals surface area contributed by atoms with Crippen LogP contribution in [-0.2, 0) is 4.74 Å². The Morgan fingerprint density at radius 1 is 0.882 bits per heavy atom. The molecule has 0 amide bonds. The monoisotopic (exact) mass is 456 g/mol. The molecule has 3 aromatic carbocycles. The predicted molar refractivity (Wildman–Crippen MR) is 142 cm³/mol. The average Bonchev–Trinajstić information content (AvgIpc) is 2.88. The number of ether oxygens (including phenoxy) is 2. The topological polar surface area (TPSA) is 35.5 Å². The molecular formula is C31H36O3. The van der Waals surface area contributed by atoms with Crippen LogP contribution in [0.5, 0.6) is 5.75 Å². The van der Waals surface area contributed by atoms with Crippen LogP contribution in [-0.4, -0.2) is 18.7 Å². The number of carbonyl (C=O) groups excluding carboxylic acids is 1. The maximum absolute atomic E-state index is 12.3. The molecule has 0 aliphatic carbocycles. The molecule has 0 unspecified atom stereocenters. The summed E-state index contributed by atoms with van der Waals surface area (Å²) >= 11 is 0. The first kappa shape index (κ1) is 25.3. The highest BCUT2D eigenvalue weighted by Crippen LogP contribution is 2.31. The van der Waals surface area contributed by atoms with E-state index in [4.69, 9.17) is 9.47 Å². The van der Waals surface area contributed by atoms with Crippen LogP contribution in [0.4, 0.5) is 0 Å². The van der Waals surface area contributed by atoms with Gasteiger partial charge in [-0.3, -0.25) is 0 Å². The van der Waals surface area contributed by atoms with Gasteiger partial charge in [0, 0.05) is 0 Å². The SMILES string of the molecule is C=Cc1cc(-c2ccc(OCCCCCC)cc2)ccc1-c1ccc(C(=O)O[C@@H](C)CC)cc1. The summed E-state index contributed by atoms with van der Waals surface area (Å²) in [4.78, 5) is 12.3. The summed E-state index contributed by atoms with van der Waals surface area (Å²) in [6.45, 7) is 10.9. The standard InChI is InChI=1S/C31H36O3/c1-5-8-9-10-21-33-29-18-15-25(16-19-29)28-17-20-30(24(7-3)22-28)26-11-13-27(14-12-26)31(32)34-23(4)6-2/h7,11-20,22-23H,3,5-6,8-10,21H2,1-2,4H3/t23-/m0/s1. The van der Waals surface area contributed by atoms with E-state index in [0.717, 1.165) is 53.0 Å². The number of carbonyl (C=O) groups is 1. The average molecular weight is 457 g/mol. The lowest BCUT2D eigenvalue weighted by atomic mass is 9.94. The minimum Gasteiger partial charge on any atom is -0.494 e. The van der Waals surface area contributed by atoms with Gasteiger partial charge in [0.1, 0.15) is 5.75 Å². The first-order valence-electron chi connectivity index (χ1n) is 12.4. The van der Waals surface area contributed by atoms with E-state index in [2.05, 4.69) is 43.8 Å². The van der Waals surface area contributed by atoms with Gasteiger partial charge in [-0.2, -0.15) is 0 Å². The van der Waals surface area contributed by atoms with Gasteiger partial charge in [0.05, 0.1) is 18.3 Å². The van der Waals surface area contributed by atoms with Crippen LogP contribution < -0.4 is 4.74 Å². The zero-order valence-corrected chi connectivity index (χ0v) is 20.7. The number of hydrogen-bond donors (Lipinski definition) is 0. The van der Waals surface area contributed by atoms with Crippen molar-refractivity contribution in [2.24, 2.45) is 0 Å². The Labute approximate surface area is 204 Å². The lowest BCUT2D eigenvalue weighted by Gasteiger charge is -2.13. The summed E-state index contributed by atoms with van der Waals surface area (Å²) in [7, 11) is 0. The highest BCUT2D eigenvalue weighted by Gasteiger charge is 2.12. The molecule has 1 atom stereocenters. The van der Waals surface area contributed by atoms with Gasteiger partial charge < -0.3 is 9.47 Å². The van der Waals surface area contributed by atoms with E-state index in [1.807, 2.05) is 56.3 Å². The first-order valence-corrected chi connectivity index (χ1v) is 12.4. The Balaban J connectivity index is 1.71. The lowest BCUT2D eigenvalue weighted by Crippen LogP contribution is -2.13. The van der Waals surface area contributed by atoms with Crippen LogP contribution in [0, 0.1) is 0 Å². The molecule has 0 saturated heterocycles. The zero-order valence-electron chi connectivity index (χ0n) is 20.7. The maximum Gasteiger partial charge on any atom is 0.338 e. The normalized spacial score (nSPS) is 11.6. The van der Waals surface area contributed by atoms with E-state index in [1.165, 1.54) is 19.3 Å². The Bertz CT molecular complexity index is 1060. The fourth-order valence-electron chi connectivity index (χ4n) is 3.76. The second kappa shape index (κ2) is 12.8. The zero-order chi connectivity index (χ0) is 24.3. The third kappa shape index (κ3) is 6.84. The molecule has 178 valence electrons. The first-order chi connectivity index (χ1) is 16.5. The molecule has 0 bridgehead atoms. The van der Waals surface area contributed by atoms with Crippen LogP contribution in [0.2, 0.25) is 0 Å². The number of unbranched alkanes of at least 4 members (excludes halogenated alkanes) is 3.